The smallest absolute Gasteiger partial charge is 0.189 e. The SMILES string of the molecule is Cc1nc(N)c(C(=O)C23CC4CC(CC(C4)C2)C3)n1C. The van der Waals surface area contributed by atoms with Gasteiger partial charge in [0.1, 0.15) is 11.5 Å². The number of ketones is 1. The molecule has 2 N–H and O–H groups in total. The van der Waals surface area contributed by atoms with Crippen molar-refractivity contribution in [2.75, 3.05) is 5.73 Å². The first-order valence-corrected chi connectivity index (χ1v) is 7.82. The van der Waals surface area contributed by atoms with Crippen molar-refractivity contribution in [1.29, 1.82) is 0 Å². The van der Waals surface area contributed by atoms with E-state index >= 15 is 0 Å². The molecule has 4 bridgehead atoms. The maximum absolute atomic E-state index is 13.2. The molecule has 1 heterocycles. The Labute approximate surface area is 119 Å². The van der Waals surface area contributed by atoms with Crippen LogP contribution in [0, 0.1) is 30.1 Å². The van der Waals surface area contributed by atoms with Gasteiger partial charge >= 0.3 is 0 Å². The standard InChI is InChI=1S/C16H23N3O/c1-9-18-15(17)13(19(9)2)14(20)16-6-10-3-11(7-16)5-12(4-10)8-16/h10-12H,3-8,17H2,1-2H3. The van der Waals surface area contributed by atoms with E-state index in [0.29, 0.717) is 11.5 Å². The van der Waals surface area contributed by atoms with Crippen molar-refractivity contribution in [2.45, 2.75) is 45.4 Å². The molecule has 0 aromatic carbocycles. The van der Waals surface area contributed by atoms with Crippen LogP contribution in [0.5, 0.6) is 0 Å². The molecule has 4 aliphatic rings. The fourth-order valence-corrected chi connectivity index (χ4v) is 5.54. The third kappa shape index (κ3) is 1.54. The Morgan fingerprint density at radius 2 is 1.70 bits per heavy atom. The summed E-state index contributed by atoms with van der Waals surface area (Å²) in [6.07, 6.45) is 7.32. The van der Waals surface area contributed by atoms with Gasteiger partial charge in [-0.2, -0.15) is 0 Å². The zero-order valence-electron chi connectivity index (χ0n) is 12.4. The number of carbonyl (C=O) groups is 1. The van der Waals surface area contributed by atoms with Gasteiger partial charge in [0.25, 0.3) is 0 Å². The van der Waals surface area contributed by atoms with E-state index in [2.05, 4.69) is 4.98 Å². The van der Waals surface area contributed by atoms with Gasteiger partial charge in [-0.05, 0) is 63.2 Å². The highest BCUT2D eigenvalue weighted by Gasteiger charge is 2.55. The number of aryl methyl sites for hydroxylation is 1. The molecule has 0 unspecified atom stereocenters. The molecule has 4 saturated carbocycles. The molecule has 5 rings (SSSR count). The zero-order chi connectivity index (χ0) is 14.1. The third-order valence-corrected chi connectivity index (χ3v) is 6.08. The Bertz CT molecular complexity index is 552. The minimum atomic E-state index is -0.122. The van der Waals surface area contributed by atoms with E-state index in [0.717, 1.165) is 42.8 Å². The predicted octanol–water partition coefficient (Wildman–Crippen LogP) is 2.71. The first-order valence-electron chi connectivity index (χ1n) is 7.82. The average molecular weight is 273 g/mol. The summed E-state index contributed by atoms with van der Waals surface area (Å²) in [7, 11) is 1.91. The van der Waals surface area contributed by atoms with Crippen molar-refractivity contribution < 1.29 is 4.79 Å². The number of hydrogen-bond donors (Lipinski definition) is 1. The highest BCUT2D eigenvalue weighted by atomic mass is 16.1. The number of anilines is 1. The lowest BCUT2D eigenvalue weighted by Crippen LogP contribution is -2.50. The number of aromatic nitrogens is 2. The first kappa shape index (κ1) is 12.4. The maximum atomic E-state index is 13.2. The first-order chi connectivity index (χ1) is 9.48. The van der Waals surface area contributed by atoms with Crippen LogP contribution in [0.15, 0.2) is 0 Å². The number of nitrogens with two attached hydrogens (primary N) is 1. The number of hydrogen-bond acceptors (Lipinski definition) is 3. The molecule has 0 amide bonds. The quantitative estimate of drug-likeness (QED) is 0.843. The van der Waals surface area contributed by atoms with Crippen molar-refractivity contribution in [2.24, 2.45) is 30.2 Å². The summed E-state index contributed by atoms with van der Waals surface area (Å²) in [5, 5.41) is 0. The molecular formula is C16H23N3O. The van der Waals surface area contributed by atoms with Crippen LogP contribution in [-0.2, 0) is 7.05 Å². The molecule has 0 aliphatic heterocycles. The van der Waals surface area contributed by atoms with Gasteiger partial charge in [0.15, 0.2) is 11.6 Å². The van der Waals surface area contributed by atoms with Crippen LogP contribution in [0.2, 0.25) is 0 Å². The summed E-state index contributed by atoms with van der Waals surface area (Å²) in [6, 6.07) is 0. The van der Waals surface area contributed by atoms with E-state index in [9.17, 15) is 4.79 Å². The predicted molar refractivity (Wildman–Crippen MR) is 77.3 cm³/mol. The van der Waals surface area contributed by atoms with E-state index < -0.39 is 0 Å². The molecular weight excluding hydrogens is 250 g/mol. The minimum Gasteiger partial charge on any atom is -0.382 e. The van der Waals surface area contributed by atoms with Crippen LogP contribution >= 0.6 is 0 Å². The van der Waals surface area contributed by atoms with Crippen molar-refractivity contribution in [1.82, 2.24) is 9.55 Å². The monoisotopic (exact) mass is 273 g/mol. The zero-order valence-corrected chi connectivity index (χ0v) is 12.4. The Morgan fingerprint density at radius 1 is 1.20 bits per heavy atom. The van der Waals surface area contributed by atoms with Crippen molar-refractivity contribution >= 4 is 11.6 Å². The lowest BCUT2D eigenvalue weighted by Gasteiger charge is -2.55. The van der Waals surface area contributed by atoms with Gasteiger partial charge in [-0.25, -0.2) is 4.98 Å². The molecule has 4 fully saturated rings. The summed E-state index contributed by atoms with van der Waals surface area (Å²) in [5.41, 5.74) is 6.54. The fourth-order valence-electron chi connectivity index (χ4n) is 5.54. The summed E-state index contributed by atoms with van der Waals surface area (Å²) in [5.74, 6) is 3.86. The van der Waals surface area contributed by atoms with Gasteiger partial charge < -0.3 is 10.3 Å². The summed E-state index contributed by atoms with van der Waals surface area (Å²) >= 11 is 0. The van der Waals surface area contributed by atoms with Gasteiger partial charge in [0, 0.05) is 12.5 Å². The van der Waals surface area contributed by atoms with Gasteiger partial charge in [0.2, 0.25) is 0 Å². The van der Waals surface area contributed by atoms with Crippen LogP contribution in [0.25, 0.3) is 0 Å². The second-order valence-electron chi connectivity index (χ2n) is 7.48. The van der Waals surface area contributed by atoms with Crippen LogP contribution < -0.4 is 5.73 Å². The number of nitrogens with zero attached hydrogens (tertiary/aromatic N) is 2. The number of imidazole rings is 1. The number of Topliss-reactive ketones (excluding diaryl/α,β-unsaturated/α-hetero) is 1. The number of rotatable bonds is 2. The molecule has 108 valence electrons. The van der Waals surface area contributed by atoms with Gasteiger partial charge in [0.05, 0.1) is 0 Å². The Kier molecular flexibility index (Phi) is 2.40. The lowest BCUT2D eigenvalue weighted by molar-refractivity contribution is -0.0356. The van der Waals surface area contributed by atoms with Crippen molar-refractivity contribution in [3.05, 3.63) is 11.5 Å². The second kappa shape index (κ2) is 3.86. The molecule has 20 heavy (non-hydrogen) atoms. The average Bonchev–Trinajstić information content (AvgIpc) is 2.60. The van der Waals surface area contributed by atoms with Gasteiger partial charge in [-0.3, -0.25) is 4.79 Å². The molecule has 0 saturated heterocycles. The topological polar surface area (TPSA) is 60.9 Å². The second-order valence-corrected chi connectivity index (χ2v) is 7.48. The molecule has 4 nitrogen and oxygen atoms in total. The summed E-state index contributed by atoms with van der Waals surface area (Å²) < 4.78 is 1.89. The summed E-state index contributed by atoms with van der Waals surface area (Å²) in [4.78, 5) is 17.5. The van der Waals surface area contributed by atoms with Crippen LogP contribution in [0.4, 0.5) is 5.82 Å². The largest absolute Gasteiger partial charge is 0.382 e. The highest BCUT2D eigenvalue weighted by Crippen LogP contribution is 2.61. The Morgan fingerprint density at radius 3 is 2.10 bits per heavy atom. The molecule has 1 aromatic heterocycles. The number of carbonyl (C=O) groups excluding carboxylic acids is 1. The number of nitrogen functional groups attached to an aromatic ring is 1. The fraction of sp³-hybridized carbons (Fsp3) is 0.750. The molecule has 4 heteroatoms. The molecule has 0 radical (unpaired) electrons. The minimum absolute atomic E-state index is 0.122. The van der Waals surface area contributed by atoms with Gasteiger partial charge in [-0.15, -0.1) is 0 Å². The van der Waals surface area contributed by atoms with E-state index in [4.69, 9.17) is 5.73 Å². The normalized spacial score (nSPS) is 38.4. The van der Waals surface area contributed by atoms with Crippen LogP contribution in [-0.4, -0.2) is 15.3 Å². The van der Waals surface area contributed by atoms with Crippen molar-refractivity contribution in [3.8, 4) is 0 Å². The molecule has 0 spiro atoms. The van der Waals surface area contributed by atoms with E-state index in [1.165, 1.54) is 19.3 Å². The van der Waals surface area contributed by atoms with Crippen LogP contribution in [0.1, 0.15) is 54.8 Å². The molecule has 4 aliphatic carbocycles. The highest BCUT2D eigenvalue weighted by molar-refractivity contribution is 6.03. The van der Waals surface area contributed by atoms with E-state index in [-0.39, 0.29) is 11.2 Å². The maximum Gasteiger partial charge on any atom is 0.189 e. The Balaban J connectivity index is 1.75. The summed E-state index contributed by atoms with van der Waals surface area (Å²) in [6.45, 7) is 1.91. The van der Waals surface area contributed by atoms with Crippen molar-refractivity contribution in [3.63, 3.8) is 0 Å². The van der Waals surface area contributed by atoms with E-state index in [1.807, 2.05) is 18.5 Å². The van der Waals surface area contributed by atoms with Crippen LogP contribution in [0.3, 0.4) is 0 Å². The molecule has 1 aromatic rings. The van der Waals surface area contributed by atoms with Gasteiger partial charge in [-0.1, -0.05) is 0 Å². The third-order valence-electron chi connectivity index (χ3n) is 6.08. The van der Waals surface area contributed by atoms with E-state index in [1.54, 1.807) is 0 Å². The Hall–Kier alpha value is -1.32. The molecule has 0 atom stereocenters. The lowest BCUT2D eigenvalue weighted by atomic mass is 9.48.